The Hall–Kier alpha value is -2.74. The summed E-state index contributed by atoms with van der Waals surface area (Å²) in [7, 11) is 0. The molecule has 0 atom stereocenters. The second-order valence-electron chi connectivity index (χ2n) is 4.44. The van der Waals surface area contributed by atoms with Gasteiger partial charge >= 0.3 is 0 Å². The Bertz CT molecular complexity index is 838. The van der Waals surface area contributed by atoms with E-state index in [-0.39, 0.29) is 29.3 Å². The largest absolute Gasteiger partial charge is 0.494 e. The highest BCUT2D eigenvalue weighted by atomic mass is 32.1. The maximum Gasteiger partial charge on any atom is 0.274 e. The van der Waals surface area contributed by atoms with Gasteiger partial charge in [0.2, 0.25) is 17.7 Å². The van der Waals surface area contributed by atoms with Gasteiger partial charge in [-0.15, -0.1) is 0 Å². The molecule has 0 bridgehead atoms. The second-order valence-corrected chi connectivity index (χ2v) is 4.63. The number of hydrogen-bond donors (Lipinski definition) is 3. The minimum absolute atomic E-state index is 0.0211. The molecule has 1 aliphatic rings. The van der Waals surface area contributed by atoms with Crippen LogP contribution < -0.4 is 5.32 Å². The van der Waals surface area contributed by atoms with Gasteiger partial charge in [-0.25, -0.2) is 4.57 Å². The fourth-order valence-corrected chi connectivity index (χ4v) is 2.47. The van der Waals surface area contributed by atoms with E-state index in [0.717, 1.165) is 4.57 Å². The molecule has 2 heterocycles. The number of nitrogens with one attached hydrogen (secondary N) is 1. The lowest BCUT2D eigenvalue weighted by molar-refractivity contribution is -0.127. The molecule has 2 amide bonds. The Kier molecular flexibility index (Phi) is 2.95. The molecule has 0 fully saturated rings. The van der Waals surface area contributed by atoms with Crippen LogP contribution in [-0.2, 0) is 22.0 Å². The van der Waals surface area contributed by atoms with E-state index >= 15 is 0 Å². The molecule has 0 radical (unpaired) electrons. The molecule has 0 unspecified atom stereocenters. The SMILES string of the molecule is O=C1CC=C(n2c(O)c3cccc(N=S)c3c2O)C(=O)N1. The quantitative estimate of drug-likeness (QED) is 0.725. The third-order valence-electron chi connectivity index (χ3n) is 3.24. The van der Waals surface area contributed by atoms with E-state index in [2.05, 4.69) is 22.1 Å². The molecule has 0 spiro atoms. The first-order valence-electron chi connectivity index (χ1n) is 5.98. The lowest BCUT2D eigenvalue weighted by atomic mass is 10.2. The molecular formula is C13H9N3O4S. The smallest absolute Gasteiger partial charge is 0.274 e. The van der Waals surface area contributed by atoms with Gasteiger partial charge in [0.1, 0.15) is 5.70 Å². The van der Waals surface area contributed by atoms with Crippen LogP contribution in [0.15, 0.2) is 28.6 Å². The van der Waals surface area contributed by atoms with Gasteiger partial charge in [0.05, 0.1) is 11.1 Å². The van der Waals surface area contributed by atoms with Crippen molar-refractivity contribution in [2.24, 2.45) is 4.36 Å². The number of aromatic nitrogens is 1. The molecule has 0 aliphatic carbocycles. The highest BCUT2D eigenvalue weighted by Crippen LogP contribution is 2.43. The molecule has 7 nitrogen and oxygen atoms in total. The van der Waals surface area contributed by atoms with Crippen molar-refractivity contribution in [3.8, 4) is 11.8 Å². The number of hydrogen-bond acceptors (Lipinski definition) is 6. The summed E-state index contributed by atoms with van der Waals surface area (Å²) < 4.78 is 4.58. The Morgan fingerprint density at radius 2 is 2.00 bits per heavy atom. The monoisotopic (exact) mass is 303 g/mol. The first-order valence-corrected chi connectivity index (χ1v) is 6.34. The summed E-state index contributed by atoms with van der Waals surface area (Å²) in [6.07, 6.45) is 1.32. The molecule has 3 N–H and O–H groups in total. The van der Waals surface area contributed by atoms with Crippen LogP contribution in [0.4, 0.5) is 5.69 Å². The Labute approximate surface area is 123 Å². The molecule has 3 rings (SSSR count). The van der Waals surface area contributed by atoms with Gasteiger partial charge in [-0.3, -0.25) is 14.9 Å². The average Bonchev–Trinajstić information content (AvgIpc) is 2.72. The zero-order valence-electron chi connectivity index (χ0n) is 10.5. The van der Waals surface area contributed by atoms with Gasteiger partial charge < -0.3 is 10.2 Å². The number of aromatic hydroxyl groups is 2. The van der Waals surface area contributed by atoms with Gasteiger partial charge in [0.25, 0.3) is 5.91 Å². The van der Waals surface area contributed by atoms with Crippen molar-refractivity contribution in [1.82, 2.24) is 9.88 Å². The van der Waals surface area contributed by atoms with Crippen LogP contribution in [0.1, 0.15) is 6.42 Å². The topological polar surface area (TPSA) is 104 Å². The minimum Gasteiger partial charge on any atom is -0.494 e. The highest BCUT2D eigenvalue weighted by molar-refractivity contribution is 7.47. The number of benzene rings is 1. The molecule has 2 aromatic rings. The zero-order chi connectivity index (χ0) is 15.1. The van der Waals surface area contributed by atoms with Crippen molar-refractivity contribution < 1.29 is 19.8 Å². The molecule has 1 aromatic carbocycles. The number of rotatable bonds is 2. The van der Waals surface area contributed by atoms with Crippen molar-refractivity contribution in [3.05, 3.63) is 24.3 Å². The fraction of sp³-hybridized carbons (Fsp3) is 0.0769. The summed E-state index contributed by atoms with van der Waals surface area (Å²) in [4.78, 5) is 23.0. The van der Waals surface area contributed by atoms with E-state index in [1.165, 1.54) is 6.08 Å². The van der Waals surface area contributed by atoms with Gasteiger partial charge in [0.15, 0.2) is 0 Å². The second kappa shape index (κ2) is 4.67. The fourth-order valence-electron chi connectivity index (χ4n) is 2.31. The molecule has 1 aliphatic heterocycles. The Morgan fingerprint density at radius 1 is 1.24 bits per heavy atom. The first-order chi connectivity index (χ1) is 10.0. The molecular weight excluding hydrogens is 294 g/mol. The molecule has 0 saturated heterocycles. The highest BCUT2D eigenvalue weighted by Gasteiger charge is 2.27. The molecule has 8 heteroatoms. The summed E-state index contributed by atoms with van der Waals surface area (Å²) in [6, 6.07) is 4.77. The first kappa shape index (κ1) is 13.3. The molecule has 106 valence electrons. The van der Waals surface area contributed by atoms with E-state index < -0.39 is 11.8 Å². The zero-order valence-corrected chi connectivity index (χ0v) is 11.3. The maximum atomic E-state index is 11.9. The molecule has 0 saturated carbocycles. The summed E-state index contributed by atoms with van der Waals surface area (Å²) in [5.41, 5.74) is 0.276. The van der Waals surface area contributed by atoms with Gasteiger partial charge in [-0.1, -0.05) is 6.07 Å². The Balaban J connectivity index is 2.32. The third kappa shape index (κ3) is 1.88. The number of amides is 2. The molecule has 1 aromatic heterocycles. The van der Waals surface area contributed by atoms with E-state index in [9.17, 15) is 19.8 Å². The van der Waals surface area contributed by atoms with Gasteiger partial charge in [-0.05, 0) is 18.2 Å². The van der Waals surface area contributed by atoms with E-state index in [4.69, 9.17) is 0 Å². The lowest BCUT2D eigenvalue weighted by Crippen LogP contribution is -2.35. The summed E-state index contributed by atoms with van der Waals surface area (Å²) in [6.45, 7) is 0. The summed E-state index contributed by atoms with van der Waals surface area (Å²) >= 11 is 4.64. The van der Waals surface area contributed by atoms with Crippen LogP contribution in [0.3, 0.4) is 0 Å². The van der Waals surface area contributed by atoms with Crippen molar-refractivity contribution in [2.45, 2.75) is 6.42 Å². The molecule has 21 heavy (non-hydrogen) atoms. The maximum absolute atomic E-state index is 11.9. The number of fused-ring (bicyclic) bond motifs is 1. The Morgan fingerprint density at radius 3 is 2.67 bits per heavy atom. The number of imide groups is 1. The van der Waals surface area contributed by atoms with Crippen molar-refractivity contribution in [1.29, 1.82) is 0 Å². The van der Waals surface area contributed by atoms with Crippen LogP contribution in [0.5, 0.6) is 11.8 Å². The van der Waals surface area contributed by atoms with Crippen molar-refractivity contribution >= 4 is 46.4 Å². The average molecular weight is 303 g/mol. The standard InChI is InChI=1S/C13H9N3O4S/c17-9-5-4-8(11(18)14-9)16-12(19)6-2-1-3-7(15-21)10(6)13(16)20/h1-4,19-20H,5H2,(H,14,17,18). The van der Waals surface area contributed by atoms with E-state index in [1.807, 2.05) is 0 Å². The van der Waals surface area contributed by atoms with Crippen LogP contribution >= 0.6 is 0 Å². The van der Waals surface area contributed by atoms with Crippen LogP contribution in [-0.4, -0.2) is 26.6 Å². The van der Waals surface area contributed by atoms with Crippen LogP contribution in [0.2, 0.25) is 0 Å². The van der Waals surface area contributed by atoms with Crippen LogP contribution in [0.25, 0.3) is 16.5 Å². The normalized spacial score (nSPS) is 15.0. The number of carbonyl (C=O) groups is 2. The summed E-state index contributed by atoms with van der Waals surface area (Å²) in [5.74, 6) is -1.82. The van der Waals surface area contributed by atoms with Crippen molar-refractivity contribution in [3.63, 3.8) is 0 Å². The number of carbonyl (C=O) groups excluding carboxylic acids is 2. The van der Waals surface area contributed by atoms with Crippen molar-refractivity contribution in [2.75, 3.05) is 0 Å². The lowest BCUT2D eigenvalue weighted by Gasteiger charge is -2.15. The van der Waals surface area contributed by atoms with Gasteiger partial charge in [-0.2, -0.15) is 4.36 Å². The predicted molar refractivity (Wildman–Crippen MR) is 76.8 cm³/mol. The minimum atomic E-state index is -0.700. The van der Waals surface area contributed by atoms with E-state index in [0.29, 0.717) is 11.1 Å². The number of nitrogens with zero attached hydrogens (tertiary/aromatic N) is 2. The third-order valence-corrected chi connectivity index (χ3v) is 3.43. The summed E-state index contributed by atoms with van der Waals surface area (Å²) in [5, 5.41) is 23.2. The van der Waals surface area contributed by atoms with Crippen LogP contribution in [0, 0.1) is 0 Å². The predicted octanol–water partition coefficient (Wildman–Crippen LogP) is 1.30. The van der Waals surface area contributed by atoms with E-state index in [1.54, 1.807) is 18.2 Å². The van der Waals surface area contributed by atoms with Gasteiger partial charge in [0, 0.05) is 24.2 Å².